The molecule has 1 N–H and O–H groups in total. The maximum absolute atomic E-state index is 10.8. The molecule has 18 heavy (non-hydrogen) atoms. The van der Waals surface area contributed by atoms with Gasteiger partial charge in [-0.1, -0.05) is 48.6 Å². The highest BCUT2D eigenvalue weighted by Crippen LogP contribution is 2.22. The van der Waals surface area contributed by atoms with Crippen molar-refractivity contribution >= 4 is 29.0 Å². The number of carboxylic acid groups (broad SMARTS) is 1. The minimum Gasteiger partial charge on any atom is -0.478 e. The highest BCUT2D eigenvalue weighted by Gasteiger charge is 2.01. The zero-order valence-corrected chi connectivity index (χ0v) is 10.4. The highest BCUT2D eigenvalue weighted by atomic mass is 32.1. The Labute approximate surface area is 110 Å². The molecule has 0 spiro atoms. The van der Waals surface area contributed by atoms with E-state index in [-0.39, 0.29) is 0 Å². The molecule has 0 atom stereocenters. The molecule has 1 aromatic carbocycles. The average molecular weight is 256 g/mol. The third-order valence-electron chi connectivity index (χ3n) is 2.34. The van der Waals surface area contributed by atoms with Crippen molar-refractivity contribution in [3.63, 3.8) is 0 Å². The summed E-state index contributed by atoms with van der Waals surface area (Å²) >= 11 is 1.53. The molecule has 0 saturated heterocycles. The molecule has 0 fully saturated rings. The number of benzene rings is 1. The van der Waals surface area contributed by atoms with Gasteiger partial charge in [0.15, 0.2) is 0 Å². The number of thiophene rings is 1. The Morgan fingerprint density at radius 1 is 1.11 bits per heavy atom. The second-order valence-electron chi connectivity index (χ2n) is 3.66. The van der Waals surface area contributed by atoms with Crippen LogP contribution in [0.5, 0.6) is 0 Å². The van der Waals surface area contributed by atoms with E-state index in [0.717, 1.165) is 10.4 Å². The summed E-state index contributed by atoms with van der Waals surface area (Å²) in [7, 11) is 0. The van der Waals surface area contributed by atoms with E-state index in [1.165, 1.54) is 17.4 Å². The summed E-state index contributed by atoms with van der Waals surface area (Å²) in [6, 6.07) is 13.6. The van der Waals surface area contributed by atoms with E-state index in [1.807, 2.05) is 60.0 Å². The van der Waals surface area contributed by atoms with Gasteiger partial charge in [0.25, 0.3) is 0 Å². The van der Waals surface area contributed by atoms with Crippen LogP contribution in [-0.4, -0.2) is 11.1 Å². The van der Waals surface area contributed by atoms with Gasteiger partial charge in [-0.25, -0.2) is 4.79 Å². The van der Waals surface area contributed by atoms with Crippen molar-refractivity contribution in [1.82, 2.24) is 0 Å². The number of allylic oxidation sites excluding steroid dienone is 2. The van der Waals surface area contributed by atoms with Crippen molar-refractivity contribution in [3.8, 4) is 0 Å². The monoisotopic (exact) mass is 256 g/mol. The summed E-state index contributed by atoms with van der Waals surface area (Å²) in [5.41, 5.74) is 1.76. The Morgan fingerprint density at radius 3 is 2.50 bits per heavy atom. The minimum atomic E-state index is -0.934. The van der Waals surface area contributed by atoms with Gasteiger partial charge in [-0.3, -0.25) is 0 Å². The summed E-state index contributed by atoms with van der Waals surface area (Å²) in [6.45, 7) is 0. The van der Waals surface area contributed by atoms with Crippen LogP contribution in [0.1, 0.15) is 10.4 Å². The third kappa shape index (κ3) is 3.43. The first-order chi connectivity index (χ1) is 8.75. The van der Waals surface area contributed by atoms with E-state index in [1.54, 1.807) is 0 Å². The topological polar surface area (TPSA) is 37.3 Å². The lowest BCUT2D eigenvalue weighted by atomic mass is 10.1. The van der Waals surface area contributed by atoms with E-state index in [0.29, 0.717) is 5.57 Å². The lowest BCUT2D eigenvalue weighted by molar-refractivity contribution is -0.131. The molecule has 0 unspecified atom stereocenters. The molecule has 0 saturated carbocycles. The van der Waals surface area contributed by atoms with Gasteiger partial charge in [0.1, 0.15) is 0 Å². The van der Waals surface area contributed by atoms with Crippen LogP contribution in [0.3, 0.4) is 0 Å². The summed E-state index contributed by atoms with van der Waals surface area (Å²) in [5.74, 6) is -0.934. The van der Waals surface area contributed by atoms with Crippen molar-refractivity contribution in [1.29, 1.82) is 0 Å². The summed E-state index contributed by atoms with van der Waals surface area (Å²) in [5, 5.41) is 10.8. The molecule has 3 heteroatoms. The molecular weight excluding hydrogens is 244 g/mol. The zero-order valence-electron chi connectivity index (χ0n) is 9.61. The molecule has 2 aromatic rings. The summed E-state index contributed by atoms with van der Waals surface area (Å²) in [4.78, 5) is 11.8. The number of carboxylic acids is 1. The molecular formula is C15H12O2S. The van der Waals surface area contributed by atoms with Crippen molar-refractivity contribution in [3.05, 3.63) is 70.4 Å². The predicted octanol–water partition coefficient (Wildman–Crippen LogP) is 3.93. The van der Waals surface area contributed by atoms with Crippen molar-refractivity contribution in [2.45, 2.75) is 0 Å². The van der Waals surface area contributed by atoms with Crippen molar-refractivity contribution < 1.29 is 9.90 Å². The predicted molar refractivity (Wildman–Crippen MR) is 75.4 cm³/mol. The number of rotatable bonds is 4. The molecule has 2 rings (SSSR count). The summed E-state index contributed by atoms with van der Waals surface area (Å²) in [6.07, 6.45) is 4.97. The minimum absolute atomic E-state index is 0.710. The fourth-order valence-corrected chi connectivity index (χ4v) is 2.25. The second kappa shape index (κ2) is 5.98. The quantitative estimate of drug-likeness (QED) is 0.664. The molecule has 0 bridgehead atoms. The van der Waals surface area contributed by atoms with E-state index >= 15 is 0 Å². The van der Waals surface area contributed by atoms with Crippen LogP contribution in [0.25, 0.3) is 11.6 Å². The van der Waals surface area contributed by atoms with Crippen LogP contribution in [0.4, 0.5) is 0 Å². The van der Waals surface area contributed by atoms with Gasteiger partial charge in [-0.2, -0.15) is 0 Å². The Morgan fingerprint density at radius 2 is 1.89 bits per heavy atom. The lowest BCUT2D eigenvalue weighted by Gasteiger charge is -1.97. The van der Waals surface area contributed by atoms with Gasteiger partial charge < -0.3 is 5.11 Å². The second-order valence-corrected chi connectivity index (χ2v) is 4.61. The fourth-order valence-electron chi connectivity index (χ4n) is 1.53. The molecule has 1 aromatic heterocycles. The lowest BCUT2D eigenvalue weighted by Crippen LogP contribution is -1.89. The number of hydrogen-bond donors (Lipinski definition) is 1. The largest absolute Gasteiger partial charge is 0.478 e. The first kappa shape index (κ1) is 12.3. The molecule has 0 amide bonds. The Bertz CT molecular complexity index is 566. The smallest absolute Gasteiger partial charge is 0.328 e. The maximum Gasteiger partial charge on any atom is 0.328 e. The van der Waals surface area contributed by atoms with Gasteiger partial charge in [-0.05, 0) is 22.6 Å². The SMILES string of the molecule is O=C(O)C=C(C=Cc1ccccc1)c1cccs1. The van der Waals surface area contributed by atoms with Crippen molar-refractivity contribution in [2.24, 2.45) is 0 Å². The molecule has 0 radical (unpaired) electrons. The fraction of sp³-hybridized carbons (Fsp3) is 0. The van der Waals surface area contributed by atoms with Crippen LogP contribution in [0.15, 0.2) is 60.0 Å². The van der Waals surface area contributed by atoms with Gasteiger partial charge in [0, 0.05) is 11.0 Å². The van der Waals surface area contributed by atoms with Crippen molar-refractivity contribution in [2.75, 3.05) is 0 Å². The van der Waals surface area contributed by atoms with Crippen LogP contribution in [0, 0.1) is 0 Å². The highest BCUT2D eigenvalue weighted by molar-refractivity contribution is 7.11. The normalized spacial score (nSPS) is 11.9. The van der Waals surface area contributed by atoms with E-state index < -0.39 is 5.97 Å². The Hall–Kier alpha value is -2.13. The van der Waals surface area contributed by atoms with Gasteiger partial charge in [0.2, 0.25) is 0 Å². The van der Waals surface area contributed by atoms with Gasteiger partial charge in [0.05, 0.1) is 0 Å². The number of carbonyl (C=O) groups is 1. The first-order valence-electron chi connectivity index (χ1n) is 5.47. The van der Waals surface area contributed by atoms with Crippen LogP contribution >= 0.6 is 11.3 Å². The van der Waals surface area contributed by atoms with E-state index in [9.17, 15) is 4.79 Å². The van der Waals surface area contributed by atoms with E-state index in [4.69, 9.17) is 5.11 Å². The summed E-state index contributed by atoms with van der Waals surface area (Å²) < 4.78 is 0. The molecule has 0 aliphatic heterocycles. The molecule has 2 nitrogen and oxygen atoms in total. The number of hydrogen-bond acceptors (Lipinski definition) is 2. The molecule has 90 valence electrons. The van der Waals surface area contributed by atoms with Crippen LogP contribution < -0.4 is 0 Å². The van der Waals surface area contributed by atoms with Gasteiger partial charge >= 0.3 is 5.97 Å². The van der Waals surface area contributed by atoms with Gasteiger partial charge in [-0.15, -0.1) is 11.3 Å². The van der Waals surface area contributed by atoms with E-state index in [2.05, 4.69) is 0 Å². The molecule has 0 aliphatic rings. The Kier molecular flexibility index (Phi) is 4.10. The number of aliphatic carboxylic acids is 1. The Balaban J connectivity index is 2.27. The first-order valence-corrected chi connectivity index (χ1v) is 6.35. The maximum atomic E-state index is 10.8. The van der Waals surface area contributed by atoms with Crippen LogP contribution in [0.2, 0.25) is 0 Å². The molecule has 1 heterocycles. The van der Waals surface area contributed by atoms with Crippen LogP contribution in [-0.2, 0) is 4.79 Å². The average Bonchev–Trinajstić information content (AvgIpc) is 2.89. The third-order valence-corrected chi connectivity index (χ3v) is 3.26. The zero-order chi connectivity index (χ0) is 12.8. The standard InChI is InChI=1S/C15H12O2S/c16-15(17)11-13(14-7-4-10-18-14)9-8-12-5-2-1-3-6-12/h1-11H,(H,16,17). The molecule has 0 aliphatic carbocycles.